The summed E-state index contributed by atoms with van der Waals surface area (Å²) in [7, 11) is 0. The minimum atomic E-state index is -0.234. The van der Waals surface area contributed by atoms with Gasteiger partial charge in [0.15, 0.2) is 5.65 Å². The fraction of sp³-hybridized carbons (Fsp3) is 0.200. The van der Waals surface area contributed by atoms with Gasteiger partial charge in [0.05, 0.1) is 17.8 Å². The van der Waals surface area contributed by atoms with Crippen LogP contribution in [-0.4, -0.2) is 30.3 Å². The Morgan fingerprint density at radius 3 is 2.76 bits per heavy atom. The van der Waals surface area contributed by atoms with E-state index in [1.54, 1.807) is 27.4 Å². The lowest BCUT2D eigenvalue weighted by Crippen LogP contribution is -2.19. The molecule has 0 unspecified atom stereocenters. The Balaban J connectivity index is 1.63. The monoisotopic (exact) mass is 410 g/mol. The van der Waals surface area contributed by atoms with Gasteiger partial charge in [-0.05, 0) is 39.0 Å². The van der Waals surface area contributed by atoms with Crippen LogP contribution >= 0.6 is 11.6 Å². The number of aromatic nitrogens is 5. The average Bonchev–Trinajstić information content (AvgIpc) is 3.20. The van der Waals surface area contributed by atoms with Gasteiger partial charge >= 0.3 is 0 Å². The van der Waals surface area contributed by atoms with Gasteiger partial charge in [0.25, 0.3) is 5.56 Å². The fourth-order valence-corrected chi connectivity index (χ4v) is 3.54. The summed E-state index contributed by atoms with van der Waals surface area (Å²) in [5.74, 6) is 0.337. The first-order chi connectivity index (χ1) is 13.8. The SMILES string of the molecule is Cc1cc(NC(=O)Cc2c(C)nc3cc(=O)[nH]n3c2C)n(-c2cccc(Cl)c2)n1. The van der Waals surface area contributed by atoms with Crippen molar-refractivity contribution < 1.29 is 4.79 Å². The van der Waals surface area contributed by atoms with Gasteiger partial charge in [-0.3, -0.25) is 14.7 Å². The van der Waals surface area contributed by atoms with Crippen molar-refractivity contribution in [2.24, 2.45) is 0 Å². The van der Waals surface area contributed by atoms with Gasteiger partial charge in [0.1, 0.15) is 5.82 Å². The highest BCUT2D eigenvalue weighted by Gasteiger charge is 2.16. The molecule has 148 valence electrons. The zero-order valence-electron chi connectivity index (χ0n) is 16.2. The van der Waals surface area contributed by atoms with Crippen LogP contribution in [0.4, 0.5) is 5.82 Å². The largest absolute Gasteiger partial charge is 0.310 e. The zero-order chi connectivity index (χ0) is 20.7. The molecule has 1 aromatic carbocycles. The Hall–Kier alpha value is -3.39. The number of aryl methyl sites for hydroxylation is 3. The predicted octanol–water partition coefficient (Wildman–Crippen LogP) is 2.97. The second-order valence-electron chi connectivity index (χ2n) is 6.86. The third-order valence-corrected chi connectivity index (χ3v) is 4.93. The molecule has 8 nitrogen and oxygen atoms in total. The maximum Gasteiger partial charge on any atom is 0.266 e. The van der Waals surface area contributed by atoms with Crippen LogP contribution in [0.5, 0.6) is 0 Å². The van der Waals surface area contributed by atoms with Crippen LogP contribution in [0.3, 0.4) is 0 Å². The summed E-state index contributed by atoms with van der Waals surface area (Å²) >= 11 is 6.09. The summed E-state index contributed by atoms with van der Waals surface area (Å²) in [4.78, 5) is 28.8. The summed E-state index contributed by atoms with van der Waals surface area (Å²) in [5, 5.41) is 10.6. The van der Waals surface area contributed by atoms with E-state index in [4.69, 9.17) is 11.6 Å². The molecule has 0 aliphatic heterocycles. The number of fused-ring (bicyclic) bond motifs is 1. The van der Waals surface area contributed by atoms with Crippen molar-refractivity contribution in [3.05, 3.63) is 74.4 Å². The maximum absolute atomic E-state index is 12.8. The van der Waals surface area contributed by atoms with Gasteiger partial charge in [-0.1, -0.05) is 17.7 Å². The lowest BCUT2D eigenvalue weighted by atomic mass is 10.1. The Morgan fingerprint density at radius 1 is 1.21 bits per heavy atom. The molecule has 0 saturated heterocycles. The number of anilines is 1. The summed E-state index contributed by atoms with van der Waals surface area (Å²) < 4.78 is 3.24. The van der Waals surface area contributed by atoms with E-state index in [9.17, 15) is 9.59 Å². The topological polar surface area (TPSA) is 97.1 Å². The molecular formula is C20H19ClN6O2. The van der Waals surface area contributed by atoms with Crippen LogP contribution in [-0.2, 0) is 11.2 Å². The lowest BCUT2D eigenvalue weighted by molar-refractivity contribution is -0.115. The van der Waals surface area contributed by atoms with Crippen LogP contribution in [0.15, 0.2) is 41.2 Å². The Bertz CT molecular complexity index is 1300. The molecule has 2 N–H and O–H groups in total. The average molecular weight is 411 g/mol. The predicted molar refractivity (Wildman–Crippen MR) is 111 cm³/mol. The van der Waals surface area contributed by atoms with Crippen LogP contribution < -0.4 is 10.9 Å². The molecule has 29 heavy (non-hydrogen) atoms. The number of halogens is 1. The molecule has 0 radical (unpaired) electrons. The molecule has 0 atom stereocenters. The van der Waals surface area contributed by atoms with Gasteiger partial charge < -0.3 is 5.32 Å². The number of amides is 1. The maximum atomic E-state index is 12.8. The normalized spacial score (nSPS) is 11.2. The number of carbonyl (C=O) groups excluding carboxylic acids is 1. The van der Waals surface area contributed by atoms with Gasteiger partial charge in [-0.25, -0.2) is 14.2 Å². The van der Waals surface area contributed by atoms with E-state index < -0.39 is 0 Å². The number of nitrogens with zero attached hydrogens (tertiary/aromatic N) is 4. The van der Waals surface area contributed by atoms with E-state index >= 15 is 0 Å². The molecule has 9 heteroatoms. The van der Waals surface area contributed by atoms with Crippen molar-refractivity contribution in [2.45, 2.75) is 27.2 Å². The molecule has 0 bridgehead atoms. The molecule has 3 aromatic heterocycles. The van der Waals surface area contributed by atoms with E-state index in [0.29, 0.717) is 22.2 Å². The first-order valence-corrected chi connectivity index (χ1v) is 9.40. The molecule has 0 aliphatic carbocycles. The van der Waals surface area contributed by atoms with Crippen molar-refractivity contribution in [2.75, 3.05) is 5.32 Å². The number of hydrogen-bond donors (Lipinski definition) is 2. The zero-order valence-corrected chi connectivity index (χ0v) is 16.9. The van der Waals surface area contributed by atoms with E-state index in [-0.39, 0.29) is 17.9 Å². The lowest BCUT2D eigenvalue weighted by Gasteiger charge is -2.12. The van der Waals surface area contributed by atoms with Gasteiger partial charge in [0, 0.05) is 34.1 Å². The molecule has 4 aromatic rings. The van der Waals surface area contributed by atoms with Crippen molar-refractivity contribution in [1.29, 1.82) is 0 Å². The van der Waals surface area contributed by atoms with E-state index in [1.807, 2.05) is 32.9 Å². The van der Waals surface area contributed by atoms with Crippen molar-refractivity contribution in [3.8, 4) is 5.69 Å². The minimum Gasteiger partial charge on any atom is -0.310 e. The van der Waals surface area contributed by atoms with Gasteiger partial charge in [0.2, 0.25) is 5.91 Å². The Morgan fingerprint density at radius 2 is 2.00 bits per heavy atom. The highest BCUT2D eigenvalue weighted by molar-refractivity contribution is 6.30. The Labute approximate surface area is 171 Å². The first-order valence-electron chi connectivity index (χ1n) is 9.02. The summed E-state index contributed by atoms with van der Waals surface area (Å²) in [5.41, 5.74) is 4.04. The van der Waals surface area contributed by atoms with Crippen LogP contribution in [0, 0.1) is 20.8 Å². The number of benzene rings is 1. The van der Waals surface area contributed by atoms with Crippen LogP contribution in [0.1, 0.15) is 22.6 Å². The third kappa shape index (κ3) is 3.66. The molecule has 0 spiro atoms. The molecular weight excluding hydrogens is 392 g/mol. The van der Waals surface area contributed by atoms with Crippen molar-refractivity contribution in [3.63, 3.8) is 0 Å². The summed E-state index contributed by atoms with van der Waals surface area (Å²) in [6.07, 6.45) is 0.112. The molecule has 0 fully saturated rings. The number of aromatic amines is 1. The Kier molecular flexibility index (Phi) is 4.71. The van der Waals surface area contributed by atoms with E-state index in [2.05, 4.69) is 20.5 Å². The molecule has 3 heterocycles. The fourth-order valence-electron chi connectivity index (χ4n) is 3.35. The highest BCUT2D eigenvalue weighted by Crippen LogP contribution is 2.21. The van der Waals surface area contributed by atoms with Gasteiger partial charge in [-0.15, -0.1) is 0 Å². The minimum absolute atomic E-state index is 0.112. The second-order valence-corrected chi connectivity index (χ2v) is 7.30. The summed E-state index contributed by atoms with van der Waals surface area (Å²) in [6, 6.07) is 10.5. The third-order valence-electron chi connectivity index (χ3n) is 4.69. The summed E-state index contributed by atoms with van der Waals surface area (Å²) in [6.45, 7) is 5.53. The number of hydrogen-bond acceptors (Lipinski definition) is 4. The van der Waals surface area contributed by atoms with Crippen LogP contribution in [0.2, 0.25) is 5.02 Å². The second kappa shape index (κ2) is 7.21. The van der Waals surface area contributed by atoms with Gasteiger partial charge in [-0.2, -0.15) is 5.10 Å². The molecule has 0 saturated carbocycles. The first kappa shape index (κ1) is 18.9. The quantitative estimate of drug-likeness (QED) is 0.540. The van der Waals surface area contributed by atoms with Crippen molar-refractivity contribution >= 4 is 29.0 Å². The van der Waals surface area contributed by atoms with E-state index in [0.717, 1.165) is 22.6 Å². The number of nitrogens with one attached hydrogen (secondary N) is 2. The number of carbonyl (C=O) groups is 1. The van der Waals surface area contributed by atoms with E-state index in [1.165, 1.54) is 6.07 Å². The molecule has 0 aliphatic rings. The molecule has 1 amide bonds. The highest BCUT2D eigenvalue weighted by atomic mass is 35.5. The molecule has 4 rings (SSSR count). The van der Waals surface area contributed by atoms with Crippen molar-refractivity contribution in [1.82, 2.24) is 24.4 Å². The smallest absolute Gasteiger partial charge is 0.266 e. The van der Waals surface area contributed by atoms with Crippen LogP contribution in [0.25, 0.3) is 11.3 Å². The number of rotatable bonds is 4. The standard InChI is InChI=1S/C20H19ClN6O2/c1-11-7-17(27(24-11)15-6-4-5-14(21)8-15)23-19(28)9-16-12(2)22-18-10-20(29)25-26(18)13(16)3/h4-8,10H,9H2,1-3H3,(H,23,28)(H,25,29). The number of H-pyrrole nitrogens is 1.